The van der Waals surface area contributed by atoms with Gasteiger partial charge >= 0.3 is 6.01 Å². The van der Waals surface area contributed by atoms with Crippen molar-refractivity contribution in [2.24, 2.45) is 7.05 Å². The normalized spacial score (nSPS) is 11.1. The fourth-order valence-electron chi connectivity index (χ4n) is 3.76. The second-order valence-corrected chi connectivity index (χ2v) is 8.17. The Balaban J connectivity index is 1.41. The molecule has 0 spiro atoms. The maximum Gasteiger partial charge on any atom is 0.310 e. The molecule has 1 amide bonds. The lowest BCUT2D eigenvalue weighted by molar-refractivity contribution is 0.102. The highest BCUT2D eigenvalue weighted by atomic mass is 35.5. The molecule has 0 radical (unpaired) electrons. The van der Waals surface area contributed by atoms with Gasteiger partial charge in [-0.05, 0) is 55.5 Å². The second-order valence-electron chi connectivity index (χ2n) is 7.78. The van der Waals surface area contributed by atoms with E-state index in [0.29, 0.717) is 17.0 Å². The lowest BCUT2D eigenvalue weighted by atomic mass is 10.2. The summed E-state index contributed by atoms with van der Waals surface area (Å²) >= 11 is 6.12. The number of carbonyl (C=O) groups excluding carboxylic acids is 1. The van der Waals surface area contributed by atoms with E-state index in [1.807, 2.05) is 0 Å². The second kappa shape index (κ2) is 8.93. The number of nitrogens with zero attached hydrogens (tertiary/aromatic N) is 5. The van der Waals surface area contributed by atoms with Crippen LogP contribution >= 0.6 is 11.6 Å². The molecule has 0 fully saturated rings. The van der Waals surface area contributed by atoms with Crippen LogP contribution in [-0.2, 0) is 7.05 Å². The summed E-state index contributed by atoms with van der Waals surface area (Å²) in [5.74, 6) is -2.12. The van der Waals surface area contributed by atoms with E-state index in [9.17, 15) is 18.4 Å². The van der Waals surface area contributed by atoms with Crippen molar-refractivity contribution in [1.82, 2.24) is 23.7 Å². The van der Waals surface area contributed by atoms with Crippen LogP contribution in [0, 0.1) is 18.6 Å². The van der Waals surface area contributed by atoms with Crippen molar-refractivity contribution in [2.75, 3.05) is 5.32 Å². The van der Waals surface area contributed by atoms with Gasteiger partial charge in [0.15, 0.2) is 11.6 Å². The topological polar surface area (TPSA) is 95.5 Å². The first kappa shape index (κ1) is 23.2. The largest absolute Gasteiger partial charge is 0.422 e. The molecule has 0 aliphatic heterocycles. The van der Waals surface area contributed by atoms with Gasteiger partial charge in [0.2, 0.25) is 0 Å². The molecule has 5 rings (SSSR count). The Labute approximate surface area is 207 Å². The van der Waals surface area contributed by atoms with E-state index >= 15 is 0 Å². The summed E-state index contributed by atoms with van der Waals surface area (Å²) in [7, 11) is 1.60. The maximum atomic E-state index is 14.8. The van der Waals surface area contributed by atoms with Crippen LogP contribution in [0.1, 0.15) is 16.1 Å². The molecule has 3 heterocycles. The average Bonchev–Trinajstić information content (AvgIpc) is 3.33. The zero-order chi connectivity index (χ0) is 25.6. The minimum atomic E-state index is -0.781. The Hall–Kier alpha value is -4.51. The summed E-state index contributed by atoms with van der Waals surface area (Å²) < 4.78 is 37.8. The maximum absolute atomic E-state index is 14.8. The van der Waals surface area contributed by atoms with Gasteiger partial charge in [-0.3, -0.25) is 14.3 Å². The van der Waals surface area contributed by atoms with Crippen LogP contribution < -0.4 is 15.6 Å². The Morgan fingerprint density at radius 1 is 1.06 bits per heavy atom. The number of halogens is 3. The molecule has 0 aliphatic carbocycles. The highest BCUT2D eigenvalue weighted by Crippen LogP contribution is 2.28. The number of aromatic nitrogens is 5. The van der Waals surface area contributed by atoms with E-state index in [2.05, 4.69) is 15.3 Å². The fourth-order valence-corrected chi connectivity index (χ4v) is 3.98. The number of rotatable bonds is 5. The summed E-state index contributed by atoms with van der Waals surface area (Å²) in [6.45, 7) is 1.60. The molecule has 0 saturated heterocycles. The zero-order valence-electron chi connectivity index (χ0n) is 18.9. The molecule has 3 aromatic heterocycles. The molecule has 182 valence electrons. The number of nitrogens with one attached hydrogen (secondary N) is 1. The van der Waals surface area contributed by atoms with Gasteiger partial charge in [-0.1, -0.05) is 11.6 Å². The van der Waals surface area contributed by atoms with Crippen LogP contribution in [0.5, 0.6) is 11.8 Å². The van der Waals surface area contributed by atoms with Crippen molar-refractivity contribution >= 4 is 28.8 Å². The molecular weight excluding hydrogens is 494 g/mol. The van der Waals surface area contributed by atoms with E-state index in [1.54, 1.807) is 26.1 Å². The van der Waals surface area contributed by atoms with E-state index < -0.39 is 23.1 Å². The standard InChI is InChI=1S/C24H17ClF2N6O3/c1-13-21(23(35)33(31(13)2)16-6-3-14(26)4-7-16)22(34)30-15-5-8-18(17(27)11-15)36-24-29-12-28-20-10-9-19(25)32(20)24/h3-12H,1-2H3,(H,30,34). The Morgan fingerprint density at radius 2 is 1.81 bits per heavy atom. The molecule has 12 heteroatoms. The molecule has 0 aliphatic rings. The molecule has 0 saturated carbocycles. The van der Waals surface area contributed by atoms with Crippen LogP contribution in [0.4, 0.5) is 14.5 Å². The molecule has 5 aromatic rings. The summed E-state index contributed by atoms with van der Waals surface area (Å²) in [4.78, 5) is 34.0. The van der Waals surface area contributed by atoms with E-state index in [-0.39, 0.29) is 28.2 Å². The van der Waals surface area contributed by atoms with E-state index in [0.717, 1.165) is 6.07 Å². The predicted octanol–water partition coefficient (Wildman–Crippen LogP) is 4.50. The zero-order valence-corrected chi connectivity index (χ0v) is 19.6. The van der Waals surface area contributed by atoms with Gasteiger partial charge < -0.3 is 10.1 Å². The number of benzene rings is 2. The number of carbonyl (C=O) groups is 1. The Kier molecular flexibility index (Phi) is 5.77. The fraction of sp³-hybridized carbons (Fsp3) is 0.0833. The van der Waals surface area contributed by atoms with Gasteiger partial charge in [0.1, 0.15) is 28.5 Å². The third kappa shape index (κ3) is 3.99. The minimum absolute atomic E-state index is 0.00643. The van der Waals surface area contributed by atoms with Crippen molar-refractivity contribution in [3.63, 3.8) is 0 Å². The summed E-state index contributed by atoms with van der Waals surface area (Å²) in [6.07, 6.45) is 1.26. The van der Waals surface area contributed by atoms with Gasteiger partial charge in [-0.2, -0.15) is 4.98 Å². The highest BCUT2D eigenvalue weighted by Gasteiger charge is 2.23. The first-order valence-corrected chi connectivity index (χ1v) is 10.9. The Bertz CT molecular complexity index is 1690. The monoisotopic (exact) mass is 510 g/mol. The molecular formula is C24H17ClF2N6O3. The molecule has 0 atom stereocenters. The van der Waals surface area contributed by atoms with Crippen molar-refractivity contribution in [3.05, 3.63) is 99.3 Å². The number of amides is 1. The number of fused-ring (bicyclic) bond motifs is 1. The van der Waals surface area contributed by atoms with Crippen LogP contribution in [0.15, 0.2) is 65.7 Å². The minimum Gasteiger partial charge on any atom is -0.422 e. The predicted molar refractivity (Wildman–Crippen MR) is 128 cm³/mol. The van der Waals surface area contributed by atoms with Crippen molar-refractivity contribution in [1.29, 1.82) is 0 Å². The van der Waals surface area contributed by atoms with Crippen molar-refractivity contribution in [2.45, 2.75) is 6.92 Å². The average molecular weight is 511 g/mol. The molecule has 2 aromatic carbocycles. The third-order valence-corrected chi connectivity index (χ3v) is 5.90. The van der Waals surface area contributed by atoms with Crippen molar-refractivity contribution in [3.8, 4) is 17.4 Å². The van der Waals surface area contributed by atoms with Crippen molar-refractivity contribution < 1.29 is 18.3 Å². The Morgan fingerprint density at radius 3 is 2.53 bits per heavy atom. The van der Waals surface area contributed by atoms with Gasteiger partial charge in [0.25, 0.3) is 11.5 Å². The SMILES string of the molecule is Cc1c(C(=O)Nc2ccc(Oc3ncnc4ccc(Cl)n34)c(F)c2)c(=O)n(-c2ccc(F)cc2)n1C. The van der Waals surface area contributed by atoms with Gasteiger partial charge in [0, 0.05) is 18.8 Å². The number of anilines is 1. The number of hydrogen-bond acceptors (Lipinski definition) is 5. The molecule has 9 nitrogen and oxygen atoms in total. The van der Waals surface area contributed by atoms with Gasteiger partial charge in [-0.25, -0.2) is 22.8 Å². The molecule has 1 N–H and O–H groups in total. The first-order valence-electron chi connectivity index (χ1n) is 10.6. The van der Waals surface area contributed by atoms with Crippen LogP contribution in [0.2, 0.25) is 5.15 Å². The van der Waals surface area contributed by atoms with Gasteiger partial charge in [-0.15, -0.1) is 0 Å². The summed E-state index contributed by atoms with van der Waals surface area (Å²) in [6, 6.07) is 12.3. The molecule has 36 heavy (non-hydrogen) atoms. The molecule has 0 bridgehead atoms. The van der Waals surface area contributed by atoms with E-state index in [4.69, 9.17) is 16.3 Å². The molecule has 0 unspecified atom stereocenters. The lowest BCUT2D eigenvalue weighted by Gasteiger charge is -2.10. The van der Waals surface area contributed by atoms with E-state index in [1.165, 1.54) is 56.5 Å². The van der Waals surface area contributed by atoms with Gasteiger partial charge in [0.05, 0.1) is 11.4 Å². The number of ether oxygens (including phenoxy) is 1. The van der Waals surface area contributed by atoms with Crippen LogP contribution in [-0.4, -0.2) is 29.6 Å². The highest BCUT2D eigenvalue weighted by molar-refractivity contribution is 6.30. The third-order valence-electron chi connectivity index (χ3n) is 5.60. The quantitative estimate of drug-likeness (QED) is 0.375. The summed E-state index contributed by atoms with van der Waals surface area (Å²) in [5.41, 5.74) is 0.606. The summed E-state index contributed by atoms with van der Waals surface area (Å²) in [5, 5.41) is 2.82. The van der Waals surface area contributed by atoms with Crippen LogP contribution in [0.25, 0.3) is 11.3 Å². The lowest BCUT2D eigenvalue weighted by Crippen LogP contribution is -2.25. The van der Waals surface area contributed by atoms with Crippen LogP contribution in [0.3, 0.4) is 0 Å². The number of hydrogen-bond donors (Lipinski definition) is 1. The first-order chi connectivity index (χ1) is 17.2. The smallest absolute Gasteiger partial charge is 0.310 e.